The van der Waals surface area contributed by atoms with Crippen LogP contribution in [0.5, 0.6) is 5.88 Å². The summed E-state index contributed by atoms with van der Waals surface area (Å²) in [5.41, 5.74) is 1.92. The largest absolute Gasteiger partial charge is 0.481 e. The lowest BCUT2D eigenvalue weighted by Crippen LogP contribution is -2.13. The monoisotopic (exact) mass is 350 g/mol. The number of aromatic nitrogens is 3. The second-order valence-electron chi connectivity index (χ2n) is 6.65. The van der Waals surface area contributed by atoms with Crippen molar-refractivity contribution in [3.63, 3.8) is 0 Å². The second kappa shape index (κ2) is 7.15. The van der Waals surface area contributed by atoms with Crippen molar-refractivity contribution in [3.05, 3.63) is 54.2 Å². The van der Waals surface area contributed by atoms with Gasteiger partial charge in [0, 0.05) is 18.2 Å². The minimum absolute atomic E-state index is 0.220. The number of pyridine rings is 2. The topological polar surface area (TPSA) is 68.5 Å². The van der Waals surface area contributed by atoms with E-state index in [4.69, 9.17) is 9.72 Å². The van der Waals surface area contributed by atoms with Crippen molar-refractivity contribution in [2.24, 2.45) is 0 Å². The molecule has 4 rings (SSSR count). The van der Waals surface area contributed by atoms with Gasteiger partial charge in [-0.3, -0.25) is 4.79 Å². The molecule has 0 radical (unpaired) electrons. The van der Waals surface area contributed by atoms with Gasteiger partial charge in [0.2, 0.25) is 5.88 Å². The van der Waals surface area contributed by atoms with E-state index in [0.717, 1.165) is 24.2 Å². The number of fused-ring (bicyclic) bond motifs is 1. The van der Waals surface area contributed by atoms with Gasteiger partial charge in [-0.2, -0.15) is 0 Å². The zero-order chi connectivity index (χ0) is 17.9. The summed E-state index contributed by atoms with van der Waals surface area (Å²) in [5.74, 6) is 1.71. The molecule has 0 spiro atoms. The maximum Gasteiger partial charge on any atom is 0.276 e. The molecular formula is C20H22N4O2. The van der Waals surface area contributed by atoms with Gasteiger partial charge in [-0.1, -0.05) is 25.3 Å². The van der Waals surface area contributed by atoms with Crippen molar-refractivity contribution in [1.29, 1.82) is 0 Å². The fourth-order valence-corrected chi connectivity index (χ4v) is 3.64. The van der Waals surface area contributed by atoms with Crippen molar-refractivity contribution >= 4 is 17.1 Å². The van der Waals surface area contributed by atoms with Gasteiger partial charge < -0.3 is 14.5 Å². The molecule has 3 heterocycles. The van der Waals surface area contributed by atoms with Crippen LogP contribution in [0.4, 0.5) is 5.69 Å². The molecule has 6 heteroatoms. The number of hydrogen-bond donors (Lipinski definition) is 1. The minimum atomic E-state index is -0.220. The number of imidazole rings is 1. The Morgan fingerprint density at radius 3 is 2.77 bits per heavy atom. The molecule has 1 amide bonds. The summed E-state index contributed by atoms with van der Waals surface area (Å²) in [6, 6.07) is 9.35. The Morgan fingerprint density at radius 1 is 1.19 bits per heavy atom. The highest BCUT2D eigenvalue weighted by atomic mass is 16.5. The van der Waals surface area contributed by atoms with Gasteiger partial charge in [0.25, 0.3) is 5.91 Å². The molecule has 0 unspecified atom stereocenters. The van der Waals surface area contributed by atoms with Gasteiger partial charge in [-0.15, -0.1) is 0 Å². The molecule has 134 valence electrons. The Kier molecular flexibility index (Phi) is 4.56. The Labute approximate surface area is 152 Å². The number of carbonyl (C=O) groups excluding carboxylic acids is 1. The number of carbonyl (C=O) groups is 1. The smallest absolute Gasteiger partial charge is 0.276 e. The van der Waals surface area contributed by atoms with Crippen molar-refractivity contribution in [1.82, 2.24) is 14.4 Å². The quantitative estimate of drug-likeness (QED) is 0.771. The molecule has 1 aliphatic carbocycles. The molecule has 0 atom stereocenters. The summed E-state index contributed by atoms with van der Waals surface area (Å²) in [6.07, 6.45) is 9.60. The molecule has 26 heavy (non-hydrogen) atoms. The van der Waals surface area contributed by atoms with E-state index >= 15 is 0 Å². The molecule has 3 aromatic rings. The molecule has 0 aromatic carbocycles. The summed E-state index contributed by atoms with van der Waals surface area (Å²) >= 11 is 0. The number of rotatable bonds is 4. The van der Waals surface area contributed by atoms with Gasteiger partial charge in [0.05, 0.1) is 24.5 Å². The van der Waals surface area contributed by atoms with Crippen LogP contribution in [-0.2, 0) is 0 Å². The number of nitrogens with zero attached hydrogens (tertiary/aromatic N) is 3. The van der Waals surface area contributed by atoms with Crippen LogP contribution in [0, 0.1) is 0 Å². The Balaban J connectivity index is 1.65. The third-order valence-electron chi connectivity index (χ3n) is 4.96. The lowest BCUT2D eigenvalue weighted by Gasteiger charge is -2.20. The number of methoxy groups -OCH3 is 1. The number of hydrogen-bond acceptors (Lipinski definition) is 4. The SMILES string of the molecule is COc1ccc(NC(=O)c2nc(C3CCCCC3)n3ccccc23)cn1. The van der Waals surface area contributed by atoms with Crippen LogP contribution < -0.4 is 10.1 Å². The predicted molar refractivity (Wildman–Crippen MR) is 99.8 cm³/mol. The summed E-state index contributed by atoms with van der Waals surface area (Å²) in [5, 5.41) is 2.89. The van der Waals surface area contributed by atoms with Gasteiger partial charge in [0.1, 0.15) is 5.82 Å². The van der Waals surface area contributed by atoms with Crippen LogP contribution in [-0.4, -0.2) is 27.4 Å². The number of ether oxygens (including phenoxy) is 1. The molecule has 0 bridgehead atoms. The van der Waals surface area contributed by atoms with E-state index in [9.17, 15) is 4.79 Å². The highest BCUT2D eigenvalue weighted by Crippen LogP contribution is 2.33. The highest BCUT2D eigenvalue weighted by molar-refractivity contribution is 6.07. The van der Waals surface area contributed by atoms with Crippen LogP contribution in [0.1, 0.15) is 54.3 Å². The number of anilines is 1. The zero-order valence-electron chi connectivity index (χ0n) is 14.8. The lowest BCUT2D eigenvalue weighted by molar-refractivity contribution is 0.102. The van der Waals surface area contributed by atoms with Crippen LogP contribution in [0.25, 0.3) is 5.52 Å². The first-order chi connectivity index (χ1) is 12.8. The average Bonchev–Trinajstić information content (AvgIpc) is 3.09. The van der Waals surface area contributed by atoms with Crippen LogP contribution >= 0.6 is 0 Å². The Morgan fingerprint density at radius 2 is 2.04 bits per heavy atom. The Bertz CT molecular complexity index is 911. The molecule has 0 aliphatic heterocycles. The van der Waals surface area contributed by atoms with E-state index in [-0.39, 0.29) is 5.91 Å². The lowest BCUT2D eigenvalue weighted by atomic mass is 9.89. The maximum atomic E-state index is 12.8. The van der Waals surface area contributed by atoms with Crippen LogP contribution in [0.15, 0.2) is 42.7 Å². The molecule has 6 nitrogen and oxygen atoms in total. The average molecular weight is 350 g/mol. The predicted octanol–water partition coefficient (Wildman–Crippen LogP) is 4.04. The molecule has 3 aromatic heterocycles. The second-order valence-corrected chi connectivity index (χ2v) is 6.65. The highest BCUT2D eigenvalue weighted by Gasteiger charge is 2.24. The molecular weight excluding hydrogens is 328 g/mol. The van der Waals surface area contributed by atoms with E-state index < -0.39 is 0 Å². The van der Waals surface area contributed by atoms with E-state index in [1.807, 2.05) is 24.4 Å². The standard InChI is InChI=1S/C20H22N4O2/c1-26-17-11-10-15(13-21-17)22-20(25)18-16-9-5-6-12-24(16)19(23-18)14-7-3-2-4-8-14/h5-6,9-14H,2-4,7-8H2,1H3,(H,22,25). The first kappa shape index (κ1) is 16.6. The summed E-state index contributed by atoms with van der Waals surface area (Å²) in [7, 11) is 1.56. The fourth-order valence-electron chi connectivity index (χ4n) is 3.64. The summed E-state index contributed by atoms with van der Waals surface area (Å²) < 4.78 is 7.11. The van der Waals surface area contributed by atoms with Gasteiger partial charge in [0.15, 0.2) is 5.69 Å². The first-order valence-corrected chi connectivity index (χ1v) is 9.04. The molecule has 0 saturated heterocycles. The van der Waals surface area contributed by atoms with Gasteiger partial charge in [-0.25, -0.2) is 9.97 Å². The summed E-state index contributed by atoms with van der Waals surface area (Å²) in [6.45, 7) is 0. The van der Waals surface area contributed by atoms with Gasteiger partial charge >= 0.3 is 0 Å². The molecule has 1 fully saturated rings. The van der Waals surface area contributed by atoms with Gasteiger partial charge in [-0.05, 0) is 31.0 Å². The normalized spacial score (nSPS) is 15.1. The maximum absolute atomic E-state index is 12.8. The van der Waals surface area contributed by atoms with Crippen molar-refractivity contribution in [2.45, 2.75) is 38.0 Å². The van der Waals surface area contributed by atoms with Crippen LogP contribution in [0.2, 0.25) is 0 Å². The van der Waals surface area contributed by atoms with E-state index in [0.29, 0.717) is 23.2 Å². The number of amides is 1. The molecule has 1 N–H and O–H groups in total. The Hall–Kier alpha value is -2.89. The third kappa shape index (κ3) is 3.14. The number of nitrogens with one attached hydrogen (secondary N) is 1. The first-order valence-electron chi connectivity index (χ1n) is 9.04. The molecule has 1 saturated carbocycles. The van der Waals surface area contributed by atoms with E-state index in [1.165, 1.54) is 19.3 Å². The van der Waals surface area contributed by atoms with E-state index in [2.05, 4.69) is 14.7 Å². The van der Waals surface area contributed by atoms with Crippen LogP contribution in [0.3, 0.4) is 0 Å². The summed E-state index contributed by atoms with van der Waals surface area (Å²) in [4.78, 5) is 21.7. The van der Waals surface area contributed by atoms with Crippen molar-refractivity contribution in [3.8, 4) is 5.88 Å². The van der Waals surface area contributed by atoms with Crippen molar-refractivity contribution in [2.75, 3.05) is 12.4 Å². The third-order valence-corrected chi connectivity index (χ3v) is 4.96. The van der Waals surface area contributed by atoms with E-state index in [1.54, 1.807) is 25.4 Å². The molecule has 1 aliphatic rings. The fraction of sp³-hybridized carbons (Fsp3) is 0.350. The van der Waals surface area contributed by atoms with Crippen molar-refractivity contribution < 1.29 is 9.53 Å². The zero-order valence-corrected chi connectivity index (χ0v) is 14.8. The minimum Gasteiger partial charge on any atom is -0.481 e.